The van der Waals surface area contributed by atoms with Gasteiger partial charge in [0.25, 0.3) is 5.91 Å². The van der Waals surface area contributed by atoms with Crippen LogP contribution in [0.5, 0.6) is 0 Å². The molecule has 0 saturated heterocycles. The molecule has 0 unspecified atom stereocenters. The zero-order valence-corrected chi connectivity index (χ0v) is 15.1. The first-order valence-electron chi connectivity index (χ1n) is 7.73. The number of benzene rings is 1. The average Bonchev–Trinajstić information content (AvgIpc) is 3.10. The van der Waals surface area contributed by atoms with E-state index in [1.165, 1.54) is 30.2 Å². The molecule has 0 saturated carbocycles. The number of nitrogens with zero attached hydrogens (tertiary/aromatic N) is 1. The van der Waals surface area contributed by atoms with Gasteiger partial charge in [0.2, 0.25) is 5.91 Å². The van der Waals surface area contributed by atoms with Crippen molar-refractivity contribution >= 4 is 34.8 Å². The van der Waals surface area contributed by atoms with Gasteiger partial charge in [-0.25, -0.2) is 4.79 Å². The fourth-order valence-corrected chi connectivity index (χ4v) is 2.71. The molecular weight excluding hydrogens is 340 g/mol. The number of carbonyl (C=O) groups excluding carboxylic acids is 3. The number of nitrogens with one attached hydrogen (secondary N) is 1. The Hall–Kier alpha value is -2.67. The minimum absolute atomic E-state index is 0.131. The zero-order valence-electron chi connectivity index (χ0n) is 14.3. The molecule has 1 atom stereocenters. The minimum atomic E-state index is -0.966. The van der Waals surface area contributed by atoms with Gasteiger partial charge in [-0.05, 0) is 37.4 Å². The van der Waals surface area contributed by atoms with E-state index in [0.29, 0.717) is 10.6 Å². The lowest BCUT2D eigenvalue weighted by molar-refractivity contribution is -0.140. The largest absolute Gasteiger partial charge is 0.448 e. The molecule has 0 fully saturated rings. The van der Waals surface area contributed by atoms with Crippen LogP contribution in [0.1, 0.15) is 22.2 Å². The summed E-state index contributed by atoms with van der Waals surface area (Å²) in [4.78, 5) is 37.8. The highest BCUT2D eigenvalue weighted by molar-refractivity contribution is 7.11. The minimum Gasteiger partial charge on any atom is -0.448 e. The first-order chi connectivity index (χ1) is 11.9. The molecule has 0 aliphatic carbocycles. The van der Waals surface area contributed by atoms with Crippen LogP contribution in [0.4, 0.5) is 5.69 Å². The summed E-state index contributed by atoms with van der Waals surface area (Å²) >= 11 is 1.24. The SMILES string of the molecule is Cc1ccc(NC(=O)CN(C)C(=O)[C@H](C)OC(=O)c2cccs2)cc1. The van der Waals surface area contributed by atoms with E-state index < -0.39 is 18.0 Å². The summed E-state index contributed by atoms with van der Waals surface area (Å²) in [5.41, 5.74) is 1.75. The highest BCUT2D eigenvalue weighted by atomic mass is 32.1. The number of ether oxygens (including phenoxy) is 1. The van der Waals surface area contributed by atoms with Gasteiger partial charge < -0.3 is 15.0 Å². The van der Waals surface area contributed by atoms with Crippen molar-refractivity contribution in [3.05, 3.63) is 52.2 Å². The normalized spacial score (nSPS) is 11.5. The standard InChI is InChI=1S/C18H20N2O4S/c1-12-6-8-14(9-7-12)19-16(21)11-20(3)17(22)13(2)24-18(23)15-5-4-10-25-15/h4-10,13H,11H2,1-3H3,(H,19,21)/t13-/m0/s1. The molecule has 1 aromatic carbocycles. The molecule has 2 aromatic rings. The van der Waals surface area contributed by atoms with E-state index in [1.807, 2.05) is 19.1 Å². The Morgan fingerprint density at radius 2 is 1.88 bits per heavy atom. The third-order valence-corrected chi connectivity index (χ3v) is 4.30. The Balaban J connectivity index is 1.85. The molecule has 1 aromatic heterocycles. The molecule has 25 heavy (non-hydrogen) atoms. The molecule has 2 amide bonds. The van der Waals surface area contributed by atoms with Gasteiger partial charge in [0.15, 0.2) is 6.10 Å². The van der Waals surface area contributed by atoms with Crippen LogP contribution in [0.3, 0.4) is 0 Å². The third kappa shape index (κ3) is 5.42. The predicted molar refractivity (Wildman–Crippen MR) is 96.6 cm³/mol. The topological polar surface area (TPSA) is 75.7 Å². The van der Waals surface area contributed by atoms with Crippen molar-refractivity contribution in [3.8, 4) is 0 Å². The summed E-state index contributed by atoms with van der Waals surface area (Å²) in [7, 11) is 1.49. The van der Waals surface area contributed by atoms with Gasteiger partial charge in [0.05, 0.1) is 6.54 Å². The second-order valence-electron chi connectivity index (χ2n) is 5.63. The second-order valence-corrected chi connectivity index (χ2v) is 6.58. The molecule has 1 heterocycles. The Bertz CT molecular complexity index is 741. The van der Waals surface area contributed by atoms with Crippen molar-refractivity contribution in [2.75, 3.05) is 18.9 Å². The highest BCUT2D eigenvalue weighted by Crippen LogP contribution is 2.12. The quantitative estimate of drug-likeness (QED) is 0.804. The lowest BCUT2D eigenvalue weighted by Crippen LogP contribution is -2.41. The van der Waals surface area contributed by atoms with Crippen LogP contribution in [0.15, 0.2) is 41.8 Å². The monoisotopic (exact) mass is 360 g/mol. The number of esters is 1. The molecule has 0 bridgehead atoms. The van der Waals surface area contributed by atoms with Crippen molar-refractivity contribution in [1.29, 1.82) is 0 Å². The zero-order chi connectivity index (χ0) is 18.4. The summed E-state index contributed by atoms with van der Waals surface area (Å²) in [6.07, 6.45) is -0.966. The van der Waals surface area contributed by atoms with Crippen molar-refractivity contribution < 1.29 is 19.1 Å². The number of thiophene rings is 1. The maximum atomic E-state index is 12.3. The van der Waals surface area contributed by atoms with Gasteiger partial charge in [-0.1, -0.05) is 23.8 Å². The molecule has 0 aliphatic heterocycles. The fourth-order valence-electron chi connectivity index (χ4n) is 2.10. The fraction of sp³-hybridized carbons (Fsp3) is 0.278. The van der Waals surface area contributed by atoms with Crippen LogP contribution in [-0.2, 0) is 14.3 Å². The summed E-state index contributed by atoms with van der Waals surface area (Å²) in [6, 6.07) is 10.7. The van der Waals surface area contributed by atoms with E-state index in [0.717, 1.165) is 5.56 Å². The molecule has 0 spiro atoms. The Labute approximate surface area is 150 Å². The number of aryl methyl sites for hydroxylation is 1. The van der Waals surface area contributed by atoms with Crippen molar-refractivity contribution in [2.45, 2.75) is 20.0 Å². The Morgan fingerprint density at radius 3 is 2.48 bits per heavy atom. The lowest BCUT2D eigenvalue weighted by Gasteiger charge is -2.21. The average molecular weight is 360 g/mol. The molecule has 6 nitrogen and oxygen atoms in total. The third-order valence-electron chi connectivity index (χ3n) is 3.45. The van der Waals surface area contributed by atoms with Gasteiger partial charge in [0, 0.05) is 12.7 Å². The summed E-state index contributed by atoms with van der Waals surface area (Å²) in [5.74, 6) is -1.31. The van der Waals surface area contributed by atoms with E-state index in [9.17, 15) is 14.4 Å². The van der Waals surface area contributed by atoms with E-state index in [-0.39, 0.29) is 12.5 Å². The number of hydrogen-bond acceptors (Lipinski definition) is 5. The van der Waals surface area contributed by atoms with E-state index in [4.69, 9.17) is 4.74 Å². The molecule has 132 valence electrons. The number of likely N-dealkylation sites (N-methyl/N-ethyl adjacent to an activating group) is 1. The number of carbonyl (C=O) groups is 3. The summed E-state index contributed by atoms with van der Waals surface area (Å²) < 4.78 is 5.14. The number of anilines is 1. The second kappa shape index (κ2) is 8.43. The van der Waals surface area contributed by atoms with Crippen LogP contribution in [-0.4, -0.2) is 42.4 Å². The number of amides is 2. The number of hydrogen-bond donors (Lipinski definition) is 1. The Kier molecular flexibility index (Phi) is 6.30. The highest BCUT2D eigenvalue weighted by Gasteiger charge is 2.23. The summed E-state index contributed by atoms with van der Waals surface area (Å²) in [5, 5.41) is 4.47. The van der Waals surface area contributed by atoms with Crippen molar-refractivity contribution in [3.63, 3.8) is 0 Å². The molecule has 1 N–H and O–H groups in total. The maximum absolute atomic E-state index is 12.3. The Morgan fingerprint density at radius 1 is 1.20 bits per heavy atom. The lowest BCUT2D eigenvalue weighted by atomic mass is 10.2. The van der Waals surface area contributed by atoms with E-state index in [2.05, 4.69) is 5.32 Å². The van der Waals surface area contributed by atoms with Crippen LogP contribution in [0.25, 0.3) is 0 Å². The van der Waals surface area contributed by atoms with Crippen LogP contribution >= 0.6 is 11.3 Å². The first kappa shape index (κ1) is 18.7. The van der Waals surface area contributed by atoms with Gasteiger partial charge >= 0.3 is 5.97 Å². The van der Waals surface area contributed by atoms with Crippen LogP contribution in [0.2, 0.25) is 0 Å². The van der Waals surface area contributed by atoms with Gasteiger partial charge in [0.1, 0.15) is 4.88 Å². The van der Waals surface area contributed by atoms with Gasteiger partial charge in [-0.2, -0.15) is 0 Å². The maximum Gasteiger partial charge on any atom is 0.349 e. The summed E-state index contributed by atoms with van der Waals surface area (Å²) in [6.45, 7) is 3.31. The molecule has 2 rings (SSSR count). The van der Waals surface area contributed by atoms with Crippen molar-refractivity contribution in [2.24, 2.45) is 0 Å². The van der Waals surface area contributed by atoms with Gasteiger partial charge in [-0.3, -0.25) is 9.59 Å². The molecule has 0 radical (unpaired) electrons. The van der Waals surface area contributed by atoms with E-state index in [1.54, 1.807) is 29.6 Å². The molecular formula is C18H20N2O4S. The van der Waals surface area contributed by atoms with Crippen molar-refractivity contribution in [1.82, 2.24) is 4.90 Å². The van der Waals surface area contributed by atoms with Gasteiger partial charge in [-0.15, -0.1) is 11.3 Å². The van der Waals surface area contributed by atoms with E-state index >= 15 is 0 Å². The first-order valence-corrected chi connectivity index (χ1v) is 8.61. The smallest absolute Gasteiger partial charge is 0.349 e. The predicted octanol–water partition coefficient (Wildman–Crippen LogP) is 2.70. The molecule has 0 aliphatic rings. The number of rotatable bonds is 6. The molecule has 7 heteroatoms. The van der Waals surface area contributed by atoms with Crippen LogP contribution < -0.4 is 5.32 Å². The van der Waals surface area contributed by atoms with Crippen LogP contribution in [0, 0.1) is 6.92 Å².